The Balaban J connectivity index is 1.53. The van der Waals surface area contributed by atoms with Crippen LogP contribution in [0.4, 0.5) is 0 Å². The van der Waals surface area contributed by atoms with Gasteiger partial charge in [-0.2, -0.15) is 0 Å². The highest BCUT2D eigenvalue weighted by Gasteiger charge is 2.28. The van der Waals surface area contributed by atoms with Crippen molar-refractivity contribution in [3.8, 4) is 0 Å². The summed E-state index contributed by atoms with van der Waals surface area (Å²) in [4.78, 5) is 37.7. The quantitative estimate of drug-likeness (QED) is 0.737. The van der Waals surface area contributed by atoms with Gasteiger partial charge in [0, 0.05) is 24.7 Å². The van der Waals surface area contributed by atoms with Gasteiger partial charge in [0.15, 0.2) is 6.61 Å². The summed E-state index contributed by atoms with van der Waals surface area (Å²) < 4.78 is 5.12. The third-order valence-corrected chi connectivity index (χ3v) is 4.85. The number of rotatable bonds is 6. The molecule has 29 heavy (non-hydrogen) atoms. The number of fused-ring (bicyclic) bond motifs is 1. The van der Waals surface area contributed by atoms with Gasteiger partial charge < -0.3 is 15.0 Å². The summed E-state index contributed by atoms with van der Waals surface area (Å²) in [6.07, 6.45) is 3.47. The van der Waals surface area contributed by atoms with E-state index in [4.69, 9.17) is 16.3 Å². The van der Waals surface area contributed by atoms with Gasteiger partial charge in [-0.15, -0.1) is 0 Å². The number of ether oxygens (including phenoxy) is 1. The van der Waals surface area contributed by atoms with Crippen molar-refractivity contribution in [3.05, 3.63) is 76.4 Å². The van der Waals surface area contributed by atoms with Gasteiger partial charge in [0.05, 0.1) is 12.5 Å². The van der Waals surface area contributed by atoms with Crippen molar-refractivity contribution in [2.75, 3.05) is 6.61 Å². The molecule has 6 nitrogen and oxygen atoms in total. The molecular weight excluding hydrogens is 392 g/mol. The summed E-state index contributed by atoms with van der Waals surface area (Å²) in [5.74, 6) is -1.12. The molecule has 0 unspecified atom stereocenters. The summed E-state index contributed by atoms with van der Waals surface area (Å²) in [6, 6.07) is 14.2. The third-order valence-electron chi connectivity index (χ3n) is 4.60. The van der Waals surface area contributed by atoms with E-state index < -0.39 is 17.9 Å². The van der Waals surface area contributed by atoms with E-state index in [1.54, 1.807) is 30.5 Å². The van der Waals surface area contributed by atoms with E-state index in [0.29, 0.717) is 11.6 Å². The number of benzene rings is 2. The molecule has 2 amide bonds. The fourth-order valence-electron chi connectivity index (χ4n) is 3.13. The fraction of sp³-hybridized carbons (Fsp3) is 0.227. The second-order valence-electron chi connectivity index (χ2n) is 6.65. The minimum absolute atomic E-state index is 0.0363. The second-order valence-corrected chi connectivity index (χ2v) is 7.09. The van der Waals surface area contributed by atoms with Crippen LogP contribution in [0.5, 0.6) is 0 Å². The van der Waals surface area contributed by atoms with E-state index in [2.05, 4.69) is 5.32 Å². The van der Waals surface area contributed by atoms with Gasteiger partial charge in [-0.05, 0) is 34.9 Å². The van der Waals surface area contributed by atoms with Crippen LogP contribution in [-0.4, -0.2) is 29.3 Å². The average Bonchev–Trinajstić information content (AvgIpc) is 2.72. The molecule has 0 fully saturated rings. The molecule has 1 aliphatic heterocycles. The summed E-state index contributed by atoms with van der Waals surface area (Å²) in [5, 5.41) is 3.30. The Morgan fingerprint density at radius 1 is 1.10 bits per heavy atom. The normalized spacial score (nSPS) is 14.8. The molecule has 0 saturated heterocycles. The van der Waals surface area contributed by atoms with Crippen molar-refractivity contribution in [2.24, 2.45) is 0 Å². The zero-order chi connectivity index (χ0) is 20.8. The molecule has 7 heteroatoms. The van der Waals surface area contributed by atoms with E-state index in [1.807, 2.05) is 30.3 Å². The van der Waals surface area contributed by atoms with Gasteiger partial charge in [-0.25, -0.2) is 0 Å². The van der Waals surface area contributed by atoms with Gasteiger partial charge in [-0.1, -0.05) is 48.0 Å². The summed E-state index contributed by atoms with van der Waals surface area (Å²) >= 11 is 5.83. The van der Waals surface area contributed by atoms with Crippen LogP contribution in [0.15, 0.2) is 54.7 Å². The zero-order valence-electron chi connectivity index (χ0n) is 15.9. The first-order valence-electron chi connectivity index (χ1n) is 9.17. The van der Waals surface area contributed by atoms with Gasteiger partial charge >= 0.3 is 5.97 Å². The number of amides is 2. The van der Waals surface area contributed by atoms with E-state index in [1.165, 1.54) is 11.8 Å². The Labute approximate surface area is 174 Å². The molecular formula is C22H21ClN2O4. The van der Waals surface area contributed by atoms with Gasteiger partial charge in [0.2, 0.25) is 5.91 Å². The highest BCUT2D eigenvalue weighted by Crippen LogP contribution is 2.33. The van der Waals surface area contributed by atoms with Crippen molar-refractivity contribution in [1.82, 2.24) is 10.2 Å². The topological polar surface area (TPSA) is 75.7 Å². The largest absolute Gasteiger partial charge is 0.456 e. The van der Waals surface area contributed by atoms with Crippen LogP contribution in [-0.2, 0) is 25.7 Å². The Kier molecular flexibility index (Phi) is 6.67. The number of esters is 1. The van der Waals surface area contributed by atoms with Crippen molar-refractivity contribution >= 4 is 35.5 Å². The van der Waals surface area contributed by atoms with Crippen LogP contribution in [0.1, 0.15) is 36.1 Å². The zero-order valence-corrected chi connectivity index (χ0v) is 16.7. The molecule has 1 atom stereocenters. The minimum Gasteiger partial charge on any atom is -0.456 e. The third kappa shape index (κ3) is 5.45. The molecule has 1 N–H and O–H groups in total. The smallest absolute Gasteiger partial charge is 0.308 e. The van der Waals surface area contributed by atoms with Crippen LogP contribution in [0.25, 0.3) is 6.08 Å². The molecule has 1 aliphatic rings. The van der Waals surface area contributed by atoms with E-state index in [0.717, 1.165) is 16.7 Å². The van der Waals surface area contributed by atoms with Gasteiger partial charge in [-0.3, -0.25) is 14.4 Å². The first kappa shape index (κ1) is 20.6. The van der Waals surface area contributed by atoms with Crippen molar-refractivity contribution in [1.29, 1.82) is 0 Å². The lowest BCUT2D eigenvalue weighted by Crippen LogP contribution is -2.33. The number of carbonyl (C=O) groups is 3. The number of carbonyl (C=O) groups excluding carboxylic acids is 3. The molecule has 0 bridgehead atoms. The maximum absolute atomic E-state index is 12.3. The minimum atomic E-state index is -0.548. The molecule has 3 rings (SSSR count). The number of hydrogen-bond acceptors (Lipinski definition) is 4. The average molecular weight is 413 g/mol. The number of nitrogens with one attached hydrogen (secondary N) is 1. The summed E-state index contributed by atoms with van der Waals surface area (Å²) in [6.45, 7) is 1.38. The van der Waals surface area contributed by atoms with E-state index in [9.17, 15) is 14.4 Å². The number of halogens is 1. The number of hydrogen-bond donors (Lipinski definition) is 1. The molecule has 0 spiro atoms. The molecule has 2 aromatic rings. The predicted octanol–water partition coefficient (Wildman–Crippen LogP) is 3.46. The van der Waals surface area contributed by atoms with Gasteiger partial charge in [0.1, 0.15) is 0 Å². The Bertz CT molecular complexity index is 940. The van der Waals surface area contributed by atoms with Crippen LogP contribution in [0, 0.1) is 0 Å². The Hall–Kier alpha value is -3.12. The maximum Gasteiger partial charge on any atom is 0.308 e. The molecule has 150 valence electrons. The maximum atomic E-state index is 12.3. The standard InChI is InChI=1S/C22H21ClN2O4/c1-15(26)25-11-10-17-4-2-3-5-19(17)20(25)12-22(28)29-14-21(27)24-13-16-6-8-18(23)9-7-16/h2-11,20H,12-14H2,1H3,(H,24,27)/t20-/m1/s1. The summed E-state index contributed by atoms with van der Waals surface area (Å²) in [5.41, 5.74) is 2.70. The molecule has 0 aliphatic carbocycles. The molecule has 0 radical (unpaired) electrons. The Morgan fingerprint density at radius 3 is 2.55 bits per heavy atom. The molecule has 1 heterocycles. The van der Waals surface area contributed by atoms with Crippen molar-refractivity contribution in [2.45, 2.75) is 25.9 Å². The Morgan fingerprint density at radius 2 is 1.83 bits per heavy atom. The van der Waals surface area contributed by atoms with Crippen molar-refractivity contribution < 1.29 is 19.1 Å². The lowest BCUT2D eigenvalue weighted by molar-refractivity contribution is -0.150. The lowest BCUT2D eigenvalue weighted by Gasteiger charge is -2.32. The predicted molar refractivity (Wildman–Crippen MR) is 110 cm³/mol. The van der Waals surface area contributed by atoms with Crippen LogP contribution in [0.2, 0.25) is 5.02 Å². The second kappa shape index (κ2) is 9.39. The van der Waals surface area contributed by atoms with Gasteiger partial charge in [0.25, 0.3) is 5.91 Å². The highest BCUT2D eigenvalue weighted by atomic mass is 35.5. The molecule has 0 saturated carbocycles. The van der Waals surface area contributed by atoms with Crippen LogP contribution >= 0.6 is 11.6 Å². The summed E-state index contributed by atoms with van der Waals surface area (Å²) in [7, 11) is 0. The van der Waals surface area contributed by atoms with E-state index >= 15 is 0 Å². The lowest BCUT2D eigenvalue weighted by atomic mass is 9.94. The molecule has 2 aromatic carbocycles. The monoisotopic (exact) mass is 412 g/mol. The van der Waals surface area contributed by atoms with Crippen molar-refractivity contribution in [3.63, 3.8) is 0 Å². The SMILES string of the molecule is CC(=O)N1C=Cc2ccccc2[C@H]1CC(=O)OCC(=O)NCc1ccc(Cl)cc1. The van der Waals surface area contributed by atoms with Crippen LogP contribution in [0.3, 0.4) is 0 Å². The molecule has 0 aromatic heterocycles. The highest BCUT2D eigenvalue weighted by molar-refractivity contribution is 6.30. The first-order valence-corrected chi connectivity index (χ1v) is 9.54. The number of nitrogens with zero attached hydrogens (tertiary/aromatic N) is 1. The fourth-order valence-corrected chi connectivity index (χ4v) is 3.26. The van der Waals surface area contributed by atoms with E-state index in [-0.39, 0.29) is 18.9 Å². The first-order chi connectivity index (χ1) is 13.9. The van der Waals surface area contributed by atoms with Crippen LogP contribution < -0.4 is 5.32 Å².